The molecule has 0 fully saturated rings. The Hall–Kier alpha value is -3.94. The van der Waals surface area contributed by atoms with Crippen molar-refractivity contribution in [2.75, 3.05) is 14.2 Å². The summed E-state index contributed by atoms with van der Waals surface area (Å²) in [5.41, 5.74) is 0.632. The number of nitrogens with zero attached hydrogens (tertiary/aromatic N) is 2. The molecule has 1 heterocycles. The van der Waals surface area contributed by atoms with Crippen LogP contribution in [-0.4, -0.2) is 36.1 Å². The lowest BCUT2D eigenvalue weighted by Crippen LogP contribution is -2.12. The van der Waals surface area contributed by atoms with Crippen LogP contribution in [0.1, 0.15) is 20.7 Å². The second-order valence-electron chi connectivity index (χ2n) is 5.43. The molecule has 0 bridgehead atoms. The minimum Gasteiger partial charge on any atom is -0.497 e. The van der Waals surface area contributed by atoms with Crippen LogP contribution in [0.5, 0.6) is 23.3 Å². The number of benzene rings is 2. The third-order valence-electron chi connectivity index (χ3n) is 3.66. The van der Waals surface area contributed by atoms with E-state index in [2.05, 4.69) is 9.97 Å². The van der Waals surface area contributed by atoms with E-state index in [1.807, 2.05) is 0 Å². The van der Waals surface area contributed by atoms with Crippen molar-refractivity contribution < 1.29 is 28.5 Å². The quantitative estimate of drug-likeness (QED) is 0.602. The first-order chi connectivity index (χ1) is 13.6. The topological polar surface area (TPSA) is 96.8 Å². The third kappa shape index (κ3) is 4.61. The summed E-state index contributed by atoms with van der Waals surface area (Å²) in [7, 11) is 3.06. The van der Waals surface area contributed by atoms with Gasteiger partial charge in [0.25, 0.3) is 0 Å². The molecule has 0 saturated heterocycles. The lowest BCUT2D eigenvalue weighted by Gasteiger charge is -2.07. The first kappa shape index (κ1) is 18.8. The summed E-state index contributed by atoms with van der Waals surface area (Å²) in [6.45, 7) is 0. The molecule has 3 aromatic rings. The fourth-order valence-corrected chi connectivity index (χ4v) is 2.20. The molecule has 0 N–H and O–H groups in total. The van der Waals surface area contributed by atoms with Gasteiger partial charge in [-0.1, -0.05) is 0 Å². The molecule has 0 unspecified atom stereocenters. The summed E-state index contributed by atoms with van der Waals surface area (Å²) in [6.07, 6.45) is 1.13. The number of esters is 2. The molecule has 0 radical (unpaired) electrons. The number of methoxy groups -OCH3 is 2. The van der Waals surface area contributed by atoms with E-state index in [0.717, 1.165) is 6.33 Å². The number of hydrogen-bond donors (Lipinski definition) is 0. The normalized spacial score (nSPS) is 10.1. The molecule has 2 aromatic carbocycles. The highest BCUT2D eigenvalue weighted by atomic mass is 16.6. The predicted octanol–water partition coefficient (Wildman–Crippen LogP) is 2.93. The zero-order valence-electron chi connectivity index (χ0n) is 15.1. The summed E-state index contributed by atoms with van der Waals surface area (Å²) in [5.74, 6) is -0.0955. The lowest BCUT2D eigenvalue weighted by molar-refractivity contribution is 0.0723. The molecular weight excluding hydrogens is 364 g/mol. The molecule has 1 aromatic heterocycles. The molecule has 8 nitrogen and oxygen atoms in total. The minimum atomic E-state index is -0.617. The van der Waals surface area contributed by atoms with Crippen molar-refractivity contribution in [3.8, 4) is 23.3 Å². The highest BCUT2D eigenvalue weighted by Crippen LogP contribution is 2.18. The van der Waals surface area contributed by atoms with Gasteiger partial charge in [0, 0.05) is 0 Å². The average molecular weight is 380 g/mol. The number of rotatable bonds is 6. The van der Waals surface area contributed by atoms with Gasteiger partial charge in [-0.2, -0.15) is 0 Å². The van der Waals surface area contributed by atoms with E-state index in [1.54, 1.807) is 48.5 Å². The molecule has 0 aliphatic rings. The summed E-state index contributed by atoms with van der Waals surface area (Å²) in [5, 5.41) is 0. The largest absolute Gasteiger partial charge is 0.497 e. The molecule has 0 saturated carbocycles. The van der Waals surface area contributed by atoms with Crippen molar-refractivity contribution in [3.63, 3.8) is 0 Å². The Kier molecular flexibility index (Phi) is 5.81. The Morgan fingerprint density at radius 2 is 1.07 bits per heavy atom. The van der Waals surface area contributed by atoms with Crippen molar-refractivity contribution in [3.05, 3.63) is 72.1 Å². The van der Waals surface area contributed by atoms with E-state index in [1.165, 1.54) is 20.3 Å². The van der Waals surface area contributed by atoms with E-state index >= 15 is 0 Å². The SMILES string of the molecule is COc1ccc(C(=O)Oc2cc(OC(=O)c3ccc(OC)cc3)ncn2)cc1. The molecule has 0 aliphatic heterocycles. The van der Waals surface area contributed by atoms with Crippen LogP contribution in [0.2, 0.25) is 0 Å². The maximum absolute atomic E-state index is 12.2. The lowest BCUT2D eigenvalue weighted by atomic mass is 10.2. The van der Waals surface area contributed by atoms with Crippen molar-refractivity contribution in [1.82, 2.24) is 9.97 Å². The van der Waals surface area contributed by atoms with E-state index in [4.69, 9.17) is 18.9 Å². The van der Waals surface area contributed by atoms with Crippen molar-refractivity contribution in [1.29, 1.82) is 0 Å². The van der Waals surface area contributed by atoms with Gasteiger partial charge in [0.2, 0.25) is 11.8 Å². The van der Waals surface area contributed by atoms with Gasteiger partial charge in [-0.3, -0.25) is 0 Å². The molecule has 0 amide bonds. The molecule has 0 atom stereocenters. The first-order valence-corrected chi connectivity index (χ1v) is 8.13. The van der Waals surface area contributed by atoms with Crippen LogP contribution < -0.4 is 18.9 Å². The molecule has 3 rings (SSSR count). The van der Waals surface area contributed by atoms with Crippen LogP contribution in [0.4, 0.5) is 0 Å². The molecule has 142 valence electrons. The zero-order valence-corrected chi connectivity index (χ0v) is 15.1. The van der Waals surface area contributed by atoms with Gasteiger partial charge in [-0.05, 0) is 48.5 Å². The third-order valence-corrected chi connectivity index (χ3v) is 3.66. The Morgan fingerprint density at radius 3 is 1.43 bits per heavy atom. The monoisotopic (exact) mass is 380 g/mol. The van der Waals surface area contributed by atoms with E-state index < -0.39 is 11.9 Å². The van der Waals surface area contributed by atoms with Crippen molar-refractivity contribution in [2.24, 2.45) is 0 Å². The van der Waals surface area contributed by atoms with Gasteiger partial charge in [-0.25, -0.2) is 19.6 Å². The van der Waals surface area contributed by atoms with Crippen LogP contribution in [0.15, 0.2) is 60.9 Å². The van der Waals surface area contributed by atoms with Gasteiger partial charge < -0.3 is 18.9 Å². The van der Waals surface area contributed by atoms with E-state index in [0.29, 0.717) is 22.6 Å². The maximum atomic E-state index is 12.2. The molecular formula is C20H16N2O6. The molecule has 0 aliphatic carbocycles. The molecule has 8 heteroatoms. The predicted molar refractivity (Wildman–Crippen MR) is 97.9 cm³/mol. The number of carbonyl (C=O) groups excluding carboxylic acids is 2. The standard InChI is InChI=1S/C20H16N2O6/c1-25-15-7-3-13(4-8-15)19(23)27-17-11-18(22-12-21-17)28-20(24)14-5-9-16(26-2)10-6-14/h3-12H,1-2H3. The van der Waals surface area contributed by atoms with Gasteiger partial charge in [0.05, 0.1) is 31.4 Å². The maximum Gasteiger partial charge on any atom is 0.344 e. The summed E-state index contributed by atoms with van der Waals surface area (Å²) in [4.78, 5) is 32.1. The fourth-order valence-electron chi connectivity index (χ4n) is 2.20. The Labute approximate surface area is 160 Å². The zero-order chi connectivity index (χ0) is 19.9. The fraction of sp³-hybridized carbons (Fsp3) is 0.100. The summed E-state index contributed by atoms with van der Waals surface area (Å²) in [6, 6.07) is 14.1. The van der Waals surface area contributed by atoms with Crippen LogP contribution in [0.3, 0.4) is 0 Å². The smallest absolute Gasteiger partial charge is 0.344 e. The number of carbonyl (C=O) groups is 2. The highest BCUT2D eigenvalue weighted by Gasteiger charge is 2.13. The number of hydrogen-bond acceptors (Lipinski definition) is 8. The Balaban J connectivity index is 1.67. The molecule has 0 spiro atoms. The van der Waals surface area contributed by atoms with Crippen LogP contribution in [0.25, 0.3) is 0 Å². The van der Waals surface area contributed by atoms with Crippen LogP contribution >= 0.6 is 0 Å². The van der Waals surface area contributed by atoms with Crippen molar-refractivity contribution >= 4 is 11.9 Å². The molecule has 28 heavy (non-hydrogen) atoms. The number of aromatic nitrogens is 2. The van der Waals surface area contributed by atoms with Crippen LogP contribution in [-0.2, 0) is 0 Å². The highest BCUT2D eigenvalue weighted by molar-refractivity contribution is 5.91. The second-order valence-corrected chi connectivity index (χ2v) is 5.43. The summed E-state index contributed by atoms with van der Waals surface area (Å²) >= 11 is 0. The Morgan fingerprint density at radius 1 is 0.679 bits per heavy atom. The van der Waals surface area contributed by atoms with E-state index in [9.17, 15) is 9.59 Å². The van der Waals surface area contributed by atoms with E-state index in [-0.39, 0.29) is 11.8 Å². The van der Waals surface area contributed by atoms with Crippen molar-refractivity contribution in [2.45, 2.75) is 0 Å². The Bertz CT molecular complexity index is 894. The number of ether oxygens (including phenoxy) is 4. The van der Waals surface area contributed by atoms with Gasteiger partial charge >= 0.3 is 11.9 Å². The van der Waals surface area contributed by atoms with Gasteiger partial charge in [-0.15, -0.1) is 0 Å². The first-order valence-electron chi connectivity index (χ1n) is 8.13. The van der Waals surface area contributed by atoms with Gasteiger partial charge in [0.15, 0.2) is 0 Å². The minimum absolute atomic E-state index is 0.0478. The average Bonchev–Trinajstić information content (AvgIpc) is 2.74. The summed E-state index contributed by atoms with van der Waals surface area (Å²) < 4.78 is 20.5. The second kappa shape index (κ2) is 8.63. The van der Waals surface area contributed by atoms with Crippen LogP contribution in [0, 0.1) is 0 Å². The van der Waals surface area contributed by atoms with Gasteiger partial charge in [0.1, 0.15) is 17.8 Å².